The lowest BCUT2D eigenvalue weighted by atomic mass is 9.81. The van der Waals surface area contributed by atoms with E-state index in [0.717, 1.165) is 25.1 Å². The Morgan fingerprint density at radius 3 is 2.49 bits per heavy atom. The van der Waals surface area contributed by atoms with Gasteiger partial charge in [0.05, 0.1) is 10.6 Å². The van der Waals surface area contributed by atoms with Crippen LogP contribution in [0.1, 0.15) is 49.9 Å². The first kappa shape index (κ1) is 30.8. The van der Waals surface area contributed by atoms with Crippen molar-refractivity contribution in [3.05, 3.63) is 60.2 Å². The lowest BCUT2D eigenvalue weighted by Crippen LogP contribution is -2.52. The van der Waals surface area contributed by atoms with E-state index in [0.29, 0.717) is 31.7 Å². The van der Waals surface area contributed by atoms with Crippen LogP contribution >= 0.6 is 0 Å². The summed E-state index contributed by atoms with van der Waals surface area (Å²) in [6, 6.07) is 11.9. The highest BCUT2D eigenvalue weighted by molar-refractivity contribution is 7.91. The molecule has 0 spiro atoms. The van der Waals surface area contributed by atoms with E-state index in [-0.39, 0.29) is 40.1 Å². The molecule has 4 rings (SSSR count). The number of ether oxygens (including phenoxy) is 1. The van der Waals surface area contributed by atoms with E-state index in [1.165, 1.54) is 12.1 Å². The second kappa shape index (κ2) is 12.8. The Morgan fingerprint density at radius 1 is 1.07 bits per heavy atom. The van der Waals surface area contributed by atoms with Gasteiger partial charge in [-0.25, -0.2) is 8.42 Å². The van der Waals surface area contributed by atoms with Crippen LogP contribution in [0.15, 0.2) is 59.5 Å². The third kappa shape index (κ3) is 8.22. The number of carbonyl (C=O) groups is 2. The van der Waals surface area contributed by atoms with E-state index in [2.05, 4.69) is 29.2 Å². The molecule has 224 valence electrons. The van der Waals surface area contributed by atoms with Crippen LogP contribution in [0.2, 0.25) is 0 Å². The van der Waals surface area contributed by atoms with Crippen molar-refractivity contribution < 1.29 is 35.9 Å². The maximum absolute atomic E-state index is 13.5. The number of amides is 2. The van der Waals surface area contributed by atoms with Crippen LogP contribution in [0.5, 0.6) is 5.75 Å². The van der Waals surface area contributed by atoms with Crippen molar-refractivity contribution in [2.45, 2.75) is 68.9 Å². The fourth-order valence-corrected chi connectivity index (χ4v) is 7.36. The first-order valence-corrected chi connectivity index (χ1v) is 15.5. The topological polar surface area (TPSA) is 105 Å². The summed E-state index contributed by atoms with van der Waals surface area (Å²) < 4.78 is 68.3. The Labute approximate surface area is 238 Å². The molecule has 2 amide bonds. The summed E-state index contributed by atoms with van der Waals surface area (Å²) in [6.45, 7) is 5.36. The fraction of sp³-hybridized carbons (Fsp3) is 0.517. The highest BCUT2D eigenvalue weighted by Gasteiger charge is 2.43. The molecule has 12 heteroatoms. The maximum atomic E-state index is 13.5. The number of alkyl halides is 3. The molecule has 1 heterocycles. The number of hydrogen-bond donors (Lipinski definition) is 2. The van der Waals surface area contributed by atoms with Crippen molar-refractivity contribution in [1.29, 1.82) is 0 Å². The number of carbonyl (C=O) groups excluding carboxylic acids is 2. The molecule has 4 atom stereocenters. The molecule has 0 aromatic heterocycles. The average Bonchev–Trinajstić information content (AvgIpc) is 3.26. The van der Waals surface area contributed by atoms with Gasteiger partial charge in [-0.2, -0.15) is 0 Å². The van der Waals surface area contributed by atoms with E-state index in [9.17, 15) is 31.2 Å². The molecule has 2 aromatic rings. The third-order valence-corrected chi connectivity index (χ3v) is 9.43. The molecule has 1 aliphatic heterocycles. The molecule has 1 aliphatic carbocycles. The summed E-state index contributed by atoms with van der Waals surface area (Å²) in [5, 5.41) is 6.17. The molecule has 0 unspecified atom stereocenters. The minimum atomic E-state index is -4.90. The monoisotopic (exact) mass is 595 g/mol. The number of halogens is 3. The van der Waals surface area contributed by atoms with Gasteiger partial charge in [-0.15, -0.1) is 13.2 Å². The second-order valence-electron chi connectivity index (χ2n) is 11.2. The van der Waals surface area contributed by atoms with E-state index < -0.39 is 33.9 Å². The van der Waals surface area contributed by atoms with Gasteiger partial charge in [0.25, 0.3) is 5.91 Å². The molecular formula is C29H36F3N3O5S. The molecule has 2 fully saturated rings. The van der Waals surface area contributed by atoms with Gasteiger partial charge < -0.3 is 20.3 Å². The van der Waals surface area contributed by atoms with Gasteiger partial charge in [0.1, 0.15) is 11.8 Å². The van der Waals surface area contributed by atoms with Crippen molar-refractivity contribution >= 4 is 21.7 Å². The number of benzene rings is 2. The van der Waals surface area contributed by atoms with Gasteiger partial charge in [-0.1, -0.05) is 38.1 Å². The Hall–Kier alpha value is -3.12. The summed E-state index contributed by atoms with van der Waals surface area (Å²) in [5.41, 5.74) is -0.0680. The van der Waals surface area contributed by atoms with Gasteiger partial charge in [0.15, 0.2) is 9.84 Å². The Bertz CT molecular complexity index is 1320. The minimum Gasteiger partial charge on any atom is -0.406 e. The number of nitrogens with one attached hydrogen (secondary N) is 2. The van der Waals surface area contributed by atoms with Gasteiger partial charge >= 0.3 is 6.36 Å². The number of rotatable bonds is 10. The lowest BCUT2D eigenvalue weighted by Gasteiger charge is -2.41. The molecule has 1 saturated carbocycles. The Morgan fingerprint density at radius 2 is 1.80 bits per heavy atom. The molecule has 2 aliphatic rings. The molecule has 8 nitrogen and oxygen atoms in total. The predicted octanol–water partition coefficient (Wildman–Crippen LogP) is 4.17. The van der Waals surface area contributed by atoms with Gasteiger partial charge in [0.2, 0.25) is 5.91 Å². The van der Waals surface area contributed by atoms with Crippen molar-refractivity contribution in [3.63, 3.8) is 0 Å². The molecule has 1 saturated heterocycles. The maximum Gasteiger partial charge on any atom is 0.573 e. The first-order valence-electron chi connectivity index (χ1n) is 13.8. The van der Waals surface area contributed by atoms with Crippen molar-refractivity contribution in [1.82, 2.24) is 15.5 Å². The third-order valence-electron chi connectivity index (χ3n) is 7.57. The fourth-order valence-electron chi connectivity index (χ4n) is 5.67. The van der Waals surface area contributed by atoms with Crippen LogP contribution in [-0.2, 0) is 14.6 Å². The number of hydrogen-bond acceptors (Lipinski definition) is 6. The summed E-state index contributed by atoms with van der Waals surface area (Å²) in [5.74, 6) is -1.52. The number of sulfone groups is 1. The van der Waals surface area contributed by atoms with Crippen LogP contribution in [-0.4, -0.2) is 68.5 Å². The van der Waals surface area contributed by atoms with E-state index in [4.69, 9.17) is 0 Å². The SMILES string of the molecule is CC(C)CN[C@@H]1CC[C@H](N2CC[C@H](NC(=O)c3cccc(OC(F)(F)F)c3)C2=O)[C@H](CS(=O)(=O)c2ccccc2)C1. The standard InChI is InChI=1S/C29H36F3N3O5S/c1-19(2)17-33-22-11-12-26(21(15-22)18-41(38,39)24-9-4-3-5-10-24)35-14-13-25(28(35)37)34-27(36)20-7-6-8-23(16-20)40-29(30,31)32/h3-10,16,19,21-22,25-26,33H,11-15,17-18H2,1-2H3,(H,34,36)/t21-,22+,25-,26-/m0/s1. The number of likely N-dealkylation sites (tertiary alicyclic amines) is 1. The van der Waals surface area contributed by atoms with E-state index >= 15 is 0 Å². The average molecular weight is 596 g/mol. The second-order valence-corrected chi connectivity index (χ2v) is 13.2. The van der Waals surface area contributed by atoms with E-state index in [1.54, 1.807) is 35.2 Å². The number of nitrogens with zero attached hydrogens (tertiary/aromatic N) is 1. The van der Waals surface area contributed by atoms with Crippen LogP contribution in [0.3, 0.4) is 0 Å². The van der Waals surface area contributed by atoms with Crippen LogP contribution < -0.4 is 15.4 Å². The molecule has 2 N–H and O–H groups in total. The van der Waals surface area contributed by atoms with Crippen molar-refractivity contribution in [3.8, 4) is 5.75 Å². The zero-order chi connectivity index (χ0) is 29.8. The summed E-state index contributed by atoms with van der Waals surface area (Å²) >= 11 is 0. The van der Waals surface area contributed by atoms with Crippen LogP contribution in [0.4, 0.5) is 13.2 Å². The summed E-state index contributed by atoms with van der Waals surface area (Å²) in [4.78, 5) is 28.2. The van der Waals surface area contributed by atoms with Crippen molar-refractivity contribution in [2.24, 2.45) is 11.8 Å². The summed E-state index contributed by atoms with van der Waals surface area (Å²) in [6.07, 6.45) is -2.59. The Balaban J connectivity index is 1.47. The van der Waals surface area contributed by atoms with Gasteiger partial charge in [-0.3, -0.25) is 9.59 Å². The lowest BCUT2D eigenvalue weighted by molar-refractivity contribution is -0.274. The van der Waals surface area contributed by atoms with E-state index in [1.807, 2.05) is 0 Å². The van der Waals surface area contributed by atoms with Crippen LogP contribution in [0.25, 0.3) is 0 Å². The smallest absolute Gasteiger partial charge is 0.406 e. The molecule has 2 aromatic carbocycles. The van der Waals surface area contributed by atoms with Gasteiger partial charge in [0, 0.05) is 24.2 Å². The molecule has 0 radical (unpaired) electrons. The molecule has 0 bridgehead atoms. The summed E-state index contributed by atoms with van der Waals surface area (Å²) in [7, 11) is -3.61. The molecular weight excluding hydrogens is 559 g/mol. The molecule has 41 heavy (non-hydrogen) atoms. The van der Waals surface area contributed by atoms with Crippen molar-refractivity contribution in [2.75, 3.05) is 18.8 Å². The highest BCUT2D eigenvalue weighted by atomic mass is 32.2. The minimum absolute atomic E-state index is 0.0680. The van der Waals surface area contributed by atoms with Crippen LogP contribution in [0, 0.1) is 11.8 Å². The highest BCUT2D eigenvalue weighted by Crippen LogP contribution is 2.34. The largest absolute Gasteiger partial charge is 0.573 e. The Kier molecular flexibility index (Phi) is 9.63. The zero-order valence-electron chi connectivity index (χ0n) is 23.1. The zero-order valence-corrected chi connectivity index (χ0v) is 23.9. The van der Waals surface area contributed by atoms with Gasteiger partial charge in [-0.05, 0) is 74.4 Å². The first-order chi connectivity index (χ1) is 19.3. The predicted molar refractivity (Wildman–Crippen MR) is 147 cm³/mol. The normalized spacial score (nSPS) is 23.6. The quantitative estimate of drug-likeness (QED) is 0.427.